The molecule has 0 aliphatic rings. The molecule has 1 N–H and O–H groups in total. The van der Waals surface area contributed by atoms with Gasteiger partial charge < -0.3 is 5.11 Å². The summed E-state index contributed by atoms with van der Waals surface area (Å²) in [6.07, 6.45) is 1.37. The SMILES string of the molecule is Cc1ncc(I)cc1C(C)O. The highest BCUT2D eigenvalue weighted by molar-refractivity contribution is 14.1. The van der Waals surface area contributed by atoms with E-state index in [-0.39, 0.29) is 0 Å². The van der Waals surface area contributed by atoms with Crippen LogP contribution >= 0.6 is 22.6 Å². The minimum absolute atomic E-state index is 0.419. The predicted molar refractivity (Wildman–Crippen MR) is 52.3 cm³/mol. The van der Waals surface area contributed by atoms with Crippen molar-refractivity contribution in [3.8, 4) is 0 Å². The van der Waals surface area contributed by atoms with Crippen LogP contribution in [0.5, 0.6) is 0 Å². The van der Waals surface area contributed by atoms with E-state index in [0.29, 0.717) is 0 Å². The first-order chi connectivity index (χ1) is 5.11. The quantitative estimate of drug-likeness (QED) is 0.786. The normalized spacial score (nSPS) is 13.1. The minimum atomic E-state index is -0.419. The molecule has 0 aromatic carbocycles. The van der Waals surface area contributed by atoms with Crippen LogP contribution in [0.4, 0.5) is 0 Å². The van der Waals surface area contributed by atoms with E-state index >= 15 is 0 Å². The molecule has 1 aromatic rings. The lowest BCUT2D eigenvalue weighted by Crippen LogP contribution is -1.97. The van der Waals surface area contributed by atoms with Gasteiger partial charge in [-0.05, 0) is 42.5 Å². The van der Waals surface area contributed by atoms with Crippen molar-refractivity contribution < 1.29 is 5.11 Å². The number of nitrogens with zero attached hydrogens (tertiary/aromatic N) is 1. The maximum absolute atomic E-state index is 9.29. The van der Waals surface area contributed by atoms with E-state index in [4.69, 9.17) is 0 Å². The van der Waals surface area contributed by atoms with Gasteiger partial charge in [-0.25, -0.2) is 0 Å². The Bertz CT molecular complexity index is 260. The van der Waals surface area contributed by atoms with Gasteiger partial charge in [0.05, 0.1) is 6.10 Å². The molecular weight excluding hydrogens is 253 g/mol. The summed E-state index contributed by atoms with van der Waals surface area (Å²) in [5.41, 5.74) is 1.82. The Kier molecular flexibility index (Phi) is 2.84. The number of rotatable bonds is 1. The van der Waals surface area contributed by atoms with Gasteiger partial charge in [0.25, 0.3) is 0 Å². The van der Waals surface area contributed by atoms with Crippen LogP contribution < -0.4 is 0 Å². The third-order valence-electron chi connectivity index (χ3n) is 1.54. The second-order valence-electron chi connectivity index (χ2n) is 2.50. The van der Waals surface area contributed by atoms with Gasteiger partial charge in [-0.15, -0.1) is 0 Å². The molecule has 0 radical (unpaired) electrons. The highest BCUT2D eigenvalue weighted by atomic mass is 127. The van der Waals surface area contributed by atoms with Gasteiger partial charge in [-0.2, -0.15) is 0 Å². The largest absolute Gasteiger partial charge is 0.389 e. The van der Waals surface area contributed by atoms with Crippen molar-refractivity contribution in [3.63, 3.8) is 0 Å². The molecule has 0 spiro atoms. The third-order valence-corrected chi connectivity index (χ3v) is 2.13. The number of hydrogen-bond donors (Lipinski definition) is 1. The number of aliphatic hydroxyl groups excluding tert-OH is 1. The third kappa shape index (κ3) is 2.13. The molecule has 1 heterocycles. The average molecular weight is 263 g/mol. The summed E-state index contributed by atoms with van der Waals surface area (Å²) in [4.78, 5) is 4.13. The zero-order chi connectivity index (χ0) is 8.43. The summed E-state index contributed by atoms with van der Waals surface area (Å²) in [5.74, 6) is 0. The summed E-state index contributed by atoms with van der Waals surface area (Å²) in [6.45, 7) is 3.65. The van der Waals surface area contributed by atoms with E-state index in [9.17, 15) is 5.11 Å². The summed E-state index contributed by atoms with van der Waals surface area (Å²) in [6, 6.07) is 1.95. The smallest absolute Gasteiger partial charge is 0.0779 e. The van der Waals surface area contributed by atoms with E-state index in [0.717, 1.165) is 14.8 Å². The first-order valence-corrected chi connectivity index (χ1v) is 4.49. The van der Waals surface area contributed by atoms with Crippen LogP contribution in [-0.4, -0.2) is 10.1 Å². The zero-order valence-corrected chi connectivity index (χ0v) is 8.66. The van der Waals surface area contributed by atoms with Gasteiger partial charge in [-0.3, -0.25) is 4.98 Å². The molecule has 0 aliphatic carbocycles. The van der Waals surface area contributed by atoms with Crippen LogP contribution in [0.1, 0.15) is 24.3 Å². The van der Waals surface area contributed by atoms with E-state index in [2.05, 4.69) is 27.6 Å². The fourth-order valence-electron chi connectivity index (χ4n) is 0.946. The van der Waals surface area contributed by atoms with Crippen LogP contribution in [0, 0.1) is 10.5 Å². The van der Waals surface area contributed by atoms with E-state index in [1.807, 2.05) is 13.0 Å². The molecule has 60 valence electrons. The number of aliphatic hydroxyl groups is 1. The molecule has 0 fully saturated rings. The lowest BCUT2D eigenvalue weighted by Gasteiger charge is -2.07. The Labute approximate surface area is 79.8 Å². The molecule has 0 saturated carbocycles. The van der Waals surface area contributed by atoms with Crippen LogP contribution in [-0.2, 0) is 0 Å². The van der Waals surface area contributed by atoms with Crippen molar-refractivity contribution in [2.75, 3.05) is 0 Å². The second kappa shape index (κ2) is 3.49. The Hall–Kier alpha value is -0.160. The summed E-state index contributed by atoms with van der Waals surface area (Å²) in [5, 5.41) is 9.29. The van der Waals surface area contributed by atoms with E-state index in [1.54, 1.807) is 13.1 Å². The molecule has 1 rings (SSSR count). The standard InChI is InChI=1S/C8H10INO/c1-5-8(6(2)11)3-7(9)4-10-5/h3-4,6,11H,1-2H3. The fourth-order valence-corrected chi connectivity index (χ4v) is 1.42. The predicted octanol–water partition coefficient (Wildman–Crippen LogP) is 2.05. The highest BCUT2D eigenvalue weighted by Crippen LogP contribution is 2.17. The van der Waals surface area contributed by atoms with Gasteiger partial charge in [0.15, 0.2) is 0 Å². The van der Waals surface area contributed by atoms with Crippen molar-refractivity contribution in [3.05, 3.63) is 27.1 Å². The monoisotopic (exact) mass is 263 g/mol. The number of halogens is 1. The molecule has 1 unspecified atom stereocenters. The molecule has 11 heavy (non-hydrogen) atoms. The van der Waals surface area contributed by atoms with Crippen LogP contribution in [0.2, 0.25) is 0 Å². The van der Waals surface area contributed by atoms with Crippen molar-refractivity contribution in [1.29, 1.82) is 0 Å². The number of hydrogen-bond acceptors (Lipinski definition) is 2. The van der Waals surface area contributed by atoms with Crippen molar-refractivity contribution in [2.45, 2.75) is 20.0 Å². The van der Waals surface area contributed by atoms with Gasteiger partial charge >= 0.3 is 0 Å². The van der Waals surface area contributed by atoms with Gasteiger partial charge in [0.1, 0.15) is 0 Å². The molecular formula is C8H10INO. The topological polar surface area (TPSA) is 33.1 Å². The van der Waals surface area contributed by atoms with Crippen LogP contribution in [0.25, 0.3) is 0 Å². The van der Waals surface area contributed by atoms with Crippen LogP contribution in [0.15, 0.2) is 12.3 Å². The Morgan fingerprint density at radius 3 is 2.73 bits per heavy atom. The first-order valence-electron chi connectivity index (χ1n) is 3.41. The molecule has 0 bridgehead atoms. The van der Waals surface area contributed by atoms with Crippen LogP contribution in [0.3, 0.4) is 0 Å². The average Bonchev–Trinajstić information content (AvgIpc) is 1.94. The molecule has 0 saturated heterocycles. The second-order valence-corrected chi connectivity index (χ2v) is 3.75. The molecule has 0 amide bonds. The molecule has 3 heteroatoms. The molecule has 0 aliphatic heterocycles. The van der Waals surface area contributed by atoms with E-state index < -0.39 is 6.10 Å². The van der Waals surface area contributed by atoms with Crippen molar-refractivity contribution in [1.82, 2.24) is 4.98 Å². The van der Waals surface area contributed by atoms with Gasteiger partial charge in [0, 0.05) is 21.0 Å². The first kappa shape index (κ1) is 8.93. The number of aromatic nitrogens is 1. The zero-order valence-electron chi connectivity index (χ0n) is 6.50. The Balaban J connectivity index is 3.13. The molecule has 1 aromatic heterocycles. The van der Waals surface area contributed by atoms with E-state index in [1.165, 1.54) is 0 Å². The Morgan fingerprint density at radius 2 is 2.27 bits per heavy atom. The lowest BCUT2D eigenvalue weighted by molar-refractivity contribution is 0.198. The minimum Gasteiger partial charge on any atom is -0.389 e. The van der Waals surface area contributed by atoms with Gasteiger partial charge in [-0.1, -0.05) is 0 Å². The molecule has 2 nitrogen and oxygen atoms in total. The van der Waals surface area contributed by atoms with Gasteiger partial charge in [0.2, 0.25) is 0 Å². The fraction of sp³-hybridized carbons (Fsp3) is 0.375. The lowest BCUT2D eigenvalue weighted by atomic mass is 10.1. The summed E-state index contributed by atoms with van der Waals surface area (Å²) < 4.78 is 1.06. The highest BCUT2D eigenvalue weighted by Gasteiger charge is 2.05. The number of pyridine rings is 1. The number of aryl methyl sites for hydroxylation is 1. The maximum atomic E-state index is 9.29. The summed E-state index contributed by atoms with van der Waals surface area (Å²) in [7, 11) is 0. The van der Waals surface area contributed by atoms with Crippen molar-refractivity contribution in [2.24, 2.45) is 0 Å². The molecule has 1 atom stereocenters. The van der Waals surface area contributed by atoms with Crippen molar-refractivity contribution >= 4 is 22.6 Å². The Morgan fingerprint density at radius 1 is 1.64 bits per heavy atom. The summed E-state index contributed by atoms with van der Waals surface area (Å²) >= 11 is 2.18. The maximum Gasteiger partial charge on any atom is 0.0779 e.